The summed E-state index contributed by atoms with van der Waals surface area (Å²) >= 11 is 0. The van der Waals surface area contributed by atoms with Crippen molar-refractivity contribution < 1.29 is 0 Å². The maximum Gasteiger partial charge on any atom is 0.0694 e. The topological polar surface area (TPSA) is 29.9 Å². The van der Waals surface area contributed by atoms with Gasteiger partial charge in [-0.2, -0.15) is 5.10 Å². The van der Waals surface area contributed by atoms with Gasteiger partial charge in [0, 0.05) is 0 Å². The van der Waals surface area contributed by atoms with Crippen molar-refractivity contribution >= 4 is 5.57 Å². The van der Waals surface area contributed by atoms with Crippen LogP contribution in [-0.2, 0) is 0 Å². The molecule has 0 atom stereocenters. The summed E-state index contributed by atoms with van der Waals surface area (Å²) in [7, 11) is 0. The van der Waals surface area contributed by atoms with Gasteiger partial charge in [0.2, 0.25) is 0 Å². The Hall–Kier alpha value is -1.87. The third-order valence-electron chi connectivity index (χ3n) is 3.37. The van der Waals surface area contributed by atoms with E-state index in [0.717, 1.165) is 30.9 Å². The minimum atomic E-state index is 0.703. The van der Waals surface area contributed by atoms with Gasteiger partial charge >= 0.3 is 0 Å². The van der Waals surface area contributed by atoms with Crippen LogP contribution in [-0.4, -0.2) is 22.9 Å². The van der Waals surface area contributed by atoms with Crippen LogP contribution >= 0.6 is 0 Å². The Kier molecular flexibility index (Phi) is 5.76. The van der Waals surface area contributed by atoms with Gasteiger partial charge in [0.25, 0.3) is 0 Å². The Morgan fingerprint density at radius 1 is 1.24 bits per heavy atom. The number of hydrogen-bond donors (Lipinski definition) is 1. The predicted octanol–water partition coefficient (Wildman–Crippen LogP) is 3.91. The first-order valence-electron chi connectivity index (χ1n) is 7.66. The molecule has 0 saturated heterocycles. The largest absolute Gasteiger partial charge is 0.316 e. The lowest BCUT2D eigenvalue weighted by atomic mass is 10.1. The quantitative estimate of drug-likeness (QED) is 0.781. The first kappa shape index (κ1) is 15.5. The zero-order valence-electron chi connectivity index (χ0n) is 13.2. The van der Waals surface area contributed by atoms with Gasteiger partial charge in [0.05, 0.1) is 17.6 Å². The molecule has 2 rings (SSSR count). The molecule has 1 heterocycles. The number of benzene rings is 1. The fourth-order valence-corrected chi connectivity index (χ4v) is 2.26. The Morgan fingerprint density at radius 3 is 2.71 bits per heavy atom. The summed E-state index contributed by atoms with van der Waals surface area (Å²) in [4.78, 5) is 0. The number of nitrogens with zero attached hydrogens (tertiary/aromatic N) is 2. The summed E-state index contributed by atoms with van der Waals surface area (Å²) in [6.45, 7) is 8.71. The van der Waals surface area contributed by atoms with E-state index in [0.29, 0.717) is 5.92 Å². The van der Waals surface area contributed by atoms with E-state index in [9.17, 15) is 0 Å². The number of rotatable bonds is 7. The van der Waals surface area contributed by atoms with Gasteiger partial charge in [0.15, 0.2) is 0 Å². The third-order valence-corrected chi connectivity index (χ3v) is 3.37. The maximum atomic E-state index is 4.44. The molecule has 0 unspecified atom stereocenters. The minimum absolute atomic E-state index is 0.703. The van der Waals surface area contributed by atoms with E-state index in [1.807, 2.05) is 29.1 Å². The van der Waals surface area contributed by atoms with Crippen LogP contribution < -0.4 is 5.32 Å². The lowest BCUT2D eigenvalue weighted by molar-refractivity contribution is 0.557. The Labute approximate surface area is 127 Å². The summed E-state index contributed by atoms with van der Waals surface area (Å²) in [5, 5.41) is 7.90. The summed E-state index contributed by atoms with van der Waals surface area (Å²) in [5.41, 5.74) is 3.52. The van der Waals surface area contributed by atoms with Crippen molar-refractivity contribution in [3.05, 3.63) is 54.4 Å². The van der Waals surface area contributed by atoms with Crippen molar-refractivity contribution in [3.63, 3.8) is 0 Å². The SMILES string of the molecule is C/C(=C/CCNCC(C)C)c1ccnn1-c1ccccc1. The molecule has 0 fully saturated rings. The van der Waals surface area contributed by atoms with Gasteiger partial charge in [-0.3, -0.25) is 0 Å². The molecular weight excluding hydrogens is 258 g/mol. The summed E-state index contributed by atoms with van der Waals surface area (Å²) in [6.07, 6.45) is 5.18. The molecule has 1 N–H and O–H groups in total. The van der Waals surface area contributed by atoms with Crippen molar-refractivity contribution in [2.45, 2.75) is 27.2 Å². The second kappa shape index (κ2) is 7.79. The van der Waals surface area contributed by atoms with E-state index in [2.05, 4.69) is 55.5 Å². The highest BCUT2D eigenvalue weighted by Crippen LogP contribution is 2.18. The van der Waals surface area contributed by atoms with Gasteiger partial charge in [-0.25, -0.2) is 4.68 Å². The zero-order chi connectivity index (χ0) is 15.1. The van der Waals surface area contributed by atoms with Crippen molar-refractivity contribution in [1.29, 1.82) is 0 Å². The fraction of sp³-hybridized carbons (Fsp3) is 0.389. The molecule has 3 heteroatoms. The molecule has 0 aliphatic heterocycles. The van der Waals surface area contributed by atoms with E-state index in [4.69, 9.17) is 0 Å². The molecule has 0 aliphatic carbocycles. The van der Waals surface area contributed by atoms with Crippen LogP contribution in [0.15, 0.2) is 48.7 Å². The smallest absolute Gasteiger partial charge is 0.0694 e. The Morgan fingerprint density at radius 2 is 2.00 bits per heavy atom. The first-order valence-corrected chi connectivity index (χ1v) is 7.66. The molecule has 3 nitrogen and oxygen atoms in total. The molecule has 21 heavy (non-hydrogen) atoms. The van der Waals surface area contributed by atoms with Crippen LogP contribution in [0.1, 0.15) is 32.9 Å². The molecule has 0 spiro atoms. The zero-order valence-corrected chi connectivity index (χ0v) is 13.2. The average molecular weight is 283 g/mol. The van der Waals surface area contributed by atoms with Crippen LogP contribution in [0.4, 0.5) is 0 Å². The van der Waals surface area contributed by atoms with E-state index in [1.165, 1.54) is 5.57 Å². The van der Waals surface area contributed by atoms with E-state index in [1.54, 1.807) is 0 Å². The van der Waals surface area contributed by atoms with Crippen LogP contribution in [0.2, 0.25) is 0 Å². The molecule has 0 amide bonds. The van der Waals surface area contributed by atoms with Crippen LogP contribution in [0.25, 0.3) is 11.3 Å². The van der Waals surface area contributed by atoms with Gasteiger partial charge in [-0.1, -0.05) is 38.1 Å². The number of para-hydroxylation sites is 1. The van der Waals surface area contributed by atoms with Crippen molar-refractivity contribution in [3.8, 4) is 5.69 Å². The number of nitrogens with one attached hydrogen (secondary N) is 1. The summed E-state index contributed by atoms with van der Waals surface area (Å²) in [6, 6.07) is 12.3. The van der Waals surface area contributed by atoms with E-state index >= 15 is 0 Å². The van der Waals surface area contributed by atoms with Crippen LogP contribution in [0.3, 0.4) is 0 Å². The molecule has 1 aromatic heterocycles. The molecular formula is C18H25N3. The molecule has 0 aliphatic rings. The summed E-state index contributed by atoms with van der Waals surface area (Å²) < 4.78 is 1.99. The highest BCUT2D eigenvalue weighted by molar-refractivity contribution is 5.62. The summed E-state index contributed by atoms with van der Waals surface area (Å²) in [5.74, 6) is 0.703. The molecule has 2 aromatic rings. The van der Waals surface area contributed by atoms with E-state index in [-0.39, 0.29) is 0 Å². The Balaban J connectivity index is 2.00. The van der Waals surface area contributed by atoms with E-state index < -0.39 is 0 Å². The Bertz CT molecular complexity index is 567. The average Bonchev–Trinajstić information content (AvgIpc) is 2.97. The van der Waals surface area contributed by atoms with Crippen LogP contribution in [0, 0.1) is 5.92 Å². The minimum Gasteiger partial charge on any atom is -0.316 e. The fourth-order valence-electron chi connectivity index (χ4n) is 2.26. The lowest BCUT2D eigenvalue weighted by Gasteiger charge is -2.08. The highest BCUT2D eigenvalue weighted by atomic mass is 15.3. The van der Waals surface area contributed by atoms with Gasteiger partial charge in [-0.15, -0.1) is 0 Å². The third kappa shape index (κ3) is 4.57. The second-order valence-corrected chi connectivity index (χ2v) is 5.74. The molecule has 0 bridgehead atoms. The molecule has 1 aromatic carbocycles. The van der Waals surface area contributed by atoms with Crippen molar-refractivity contribution in [2.75, 3.05) is 13.1 Å². The lowest BCUT2D eigenvalue weighted by Crippen LogP contribution is -2.20. The van der Waals surface area contributed by atoms with Gasteiger partial charge in [0.1, 0.15) is 0 Å². The van der Waals surface area contributed by atoms with Crippen molar-refractivity contribution in [1.82, 2.24) is 15.1 Å². The maximum absolute atomic E-state index is 4.44. The monoisotopic (exact) mass is 283 g/mol. The molecule has 112 valence electrons. The number of hydrogen-bond acceptors (Lipinski definition) is 2. The first-order chi connectivity index (χ1) is 10.2. The molecule has 0 radical (unpaired) electrons. The van der Waals surface area contributed by atoms with Crippen molar-refractivity contribution in [2.24, 2.45) is 5.92 Å². The number of allylic oxidation sites excluding steroid dienone is 1. The van der Waals surface area contributed by atoms with Crippen LogP contribution in [0.5, 0.6) is 0 Å². The molecule has 0 saturated carbocycles. The second-order valence-electron chi connectivity index (χ2n) is 5.74. The number of aromatic nitrogens is 2. The highest BCUT2D eigenvalue weighted by Gasteiger charge is 2.05. The standard InChI is InChI=1S/C18H25N3/c1-15(2)14-19-12-7-8-16(3)18-11-13-20-21(18)17-9-5-4-6-10-17/h4-6,8-11,13,15,19H,7,12,14H2,1-3H3/b16-8-. The predicted molar refractivity (Wildman–Crippen MR) is 89.5 cm³/mol. The van der Waals surface area contributed by atoms with Gasteiger partial charge in [-0.05, 0) is 56.1 Å². The van der Waals surface area contributed by atoms with Gasteiger partial charge < -0.3 is 5.32 Å². The normalized spacial score (nSPS) is 12.1.